The van der Waals surface area contributed by atoms with Crippen LogP contribution >= 0.6 is 0 Å². The van der Waals surface area contributed by atoms with Crippen LogP contribution in [0.4, 0.5) is 0 Å². The van der Waals surface area contributed by atoms with Crippen LogP contribution in [0.15, 0.2) is 12.7 Å². The summed E-state index contributed by atoms with van der Waals surface area (Å²) in [6.07, 6.45) is -0.737. The van der Waals surface area contributed by atoms with Crippen molar-refractivity contribution in [3.8, 4) is 0 Å². The van der Waals surface area contributed by atoms with Crippen molar-refractivity contribution in [2.45, 2.75) is 45.4 Å². The van der Waals surface area contributed by atoms with E-state index in [4.69, 9.17) is 14.2 Å². The molecule has 1 N–H and O–H groups in total. The van der Waals surface area contributed by atoms with Crippen molar-refractivity contribution in [1.29, 1.82) is 0 Å². The first-order valence-corrected chi connectivity index (χ1v) is 5.70. The highest BCUT2D eigenvalue weighted by Gasteiger charge is 2.43. The van der Waals surface area contributed by atoms with E-state index in [1.54, 1.807) is 19.9 Å². The van der Waals surface area contributed by atoms with Gasteiger partial charge in [0.05, 0.1) is 12.7 Å². The Morgan fingerprint density at radius 1 is 1.53 bits per heavy atom. The smallest absolute Gasteiger partial charge is 0.303 e. The van der Waals surface area contributed by atoms with Gasteiger partial charge in [0.2, 0.25) is 0 Å². The van der Waals surface area contributed by atoms with E-state index >= 15 is 0 Å². The van der Waals surface area contributed by atoms with Crippen LogP contribution in [0.25, 0.3) is 0 Å². The van der Waals surface area contributed by atoms with E-state index in [-0.39, 0.29) is 5.92 Å². The monoisotopic (exact) mass is 244 g/mol. The zero-order valence-electron chi connectivity index (χ0n) is 10.5. The van der Waals surface area contributed by atoms with Gasteiger partial charge in [-0.2, -0.15) is 0 Å². The molecular formula is C12H20O5. The molecule has 5 atom stereocenters. The maximum atomic E-state index is 10.9. The Kier molecular flexibility index (Phi) is 5.11. The first-order chi connectivity index (χ1) is 7.97. The molecule has 0 aromatic carbocycles. The number of rotatable bonds is 4. The summed E-state index contributed by atoms with van der Waals surface area (Å²) in [7, 11) is 0. The zero-order chi connectivity index (χ0) is 13.0. The fourth-order valence-electron chi connectivity index (χ4n) is 1.86. The molecule has 2 unspecified atom stereocenters. The fraction of sp³-hybridized carbons (Fsp3) is 0.750. The van der Waals surface area contributed by atoms with Crippen molar-refractivity contribution in [3.63, 3.8) is 0 Å². The van der Waals surface area contributed by atoms with E-state index in [2.05, 4.69) is 6.58 Å². The maximum absolute atomic E-state index is 10.9. The van der Waals surface area contributed by atoms with Gasteiger partial charge in [0.1, 0.15) is 6.10 Å². The van der Waals surface area contributed by atoms with Crippen LogP contribution in [-0.4, -0.2) is 42.3 Å². The van der Waals surface area contributed by atoms with Crippen LogP contribution in [0.3, 0.4) is 0 Å². The lowest BCUT2D eigenvalue weighted by Crippen LogP contribution is -2.54. The number of aliphatic hydroxyl groups excluding tert-OH is 1. The van der Waals surface area contributed by atoms with Crippen LogP contribution in [0.2, 0.25) is 0 Å². The Hall–Kier alpha value is -0.910. The molecule has 0 spiro atoms. The van der Waals surface area contributed by atoms with Crippen molar-refractivity contribution < 1.29 is 24.1 Å². The molecule has 0 radical (unpaired) electrons. The number of esters is 1. The lowest BCUT2D eigenvalue weighted by Gasteiger charge is -2.41. The predicted molar refractivity (Wildman–Crippen MR) is 61.2 cm³/mol. The summed E-state index contributed by atoms with van der Waals surface area (Å²) < 4.78 is 16.0. The van der Waals surface area contributed by atoms with Crippen molar-refractivity contribution >= 4 is 5.97 Å². The average molecular weight is 244 g/mol. The lowest BCUT2D eigenvalue weighted by molar-refractivity contribution is -0.273. The summed E-state index contributed by atoms with van der Waals surface area (Å²) in [4.78, 5) is 10.9. The molecule has 1 aliphatic rings. The van der Waals surface area contributed by atoms with Crippen LogP contribution in [0.5, 0.6) is 0 Å². The molecule has 0 aromatic heterocycles. The maximum Gasteiger partial charge on any atom is 0.303 e. The second kappa shape index (κ2) is 6.14. The van der Waals surface area contributed by atoms with E-state index in [9.17, 15) is 9.90 Å². The van der Waals surface area contributed by atoms with E-state index in [1.807, 2.05) is 0 Å². The molecule has 0 bridgehead atoms. The number of carbonyl (C=O) groups is 1. The molecule has 1 fully saturated rings. The summed E-state index contributed by atoms with van der Waals surface area (Å²) in [5.74, 6) is -0.697. The number of carbonyl (C=O) groups excluding carboxylic acids is 1. The molecule has 1 heterocycles. The third-order valence-corrected chi connectivity index (χ3v) is 2.80. The Morgan fingerprint density at radius 3 is 2.71 bits per heavy atom. The van der Waals surface area contributed by atoms with Gasteiger partial charge in [-0.05, 0) is 6.92 Å². The van der Waals surface area contributed by atoms with E-state index in [0.29, 0.717) is 6.61 Å². The highest BCUT2D eigenvalue weighted by molar-refractivity contribution is 5.66. The third-order valence-electron chi connectivity index (χ3n) is 2.80. The van der Waals surface area contributed by atoms with Gasteiger partial charge in [0.15, 0.2) is 12.4 Å². The van der Waals surface area contributed by atoms with Crippen LogP contribution in [0.1, 0.15) is 20.8 Å². The highest BCUT2D eigenvalue weighted by Crippen LogP contribution is 2.28. The SMILES string of the molecule is C=CCO[C@H]1OC(C)[C@@H](OC(C)=O)C(O)[C@H]1C. The summed E-state index contributed by atoms with van der Waals surface area (Å²) in [6.45, 7) is 8.75. The third kappa shape index (κ3) is 3.52. The molecular weight excluding hydrogens is 224 g/mol. The van der Waals surface area contributed by atoms with Gasteiger partial charge in [-0.3, -0.25) is 4.79 Å². The molecule has 98 valence electrons. The van der Waals surface area contributed by atoms with Crippen molar-refractivity contribution in [2.24, 2.45) is 5.92 Å². The minimum absolute atomic E-state index is 0.268. The Morgan fingerprint density at radius 2 is 2.18 bits per heavy atom. The van der Waals surface area contributed by atoms with Gasteiger partial charge >= 0.3 is 5.97 Å². The van der Waals surface area contributed by atoms with Crippen molar-refractivity contribution in [1.82, 2.24) is 0 Å². The Balaban J connectivity index is 2.65. The standard InChI is InChI=1S/C12H20O5/c1-5-6-15-12-7(2)10(14)11(8(3)16-12)17-9(4)13/h5,7-8,10-12,14H,1,6H2,2-4H3/t7-,8?,10?,11-,12+/m1/s1. The van der Waals surface area contributed by atoms with Gasteiger partial charge in [-0.15, -0.1) is 6.58 Å². The first kappa shape index (κ1) is 14.2. The molecule has 0 amide bonds. The molecule has 1 rings (SSSR count). The topological polar surface area (TPSA) is 65.0 Å². The molecule has 5 nitrogen and oxygen atoms in total. The van der Waals surface area contributed by atoms with Crippen LogP contribution in [-0.2, 0) is 19.0 Å². The van der Waals surface area contributed by atoms with E-state index < -0.39 is 30.6 Å². The van der Waals surface area contributed by atoms with Gasteiger partial charge in [0, 0.05) is 12.8 Å². The zero-order valence-corrected chi connectivity index (χ0v) is 10.5. The van der Waals surface area contributed by atoms with Crippen molar-refractivity contribution in [2.75, 3.05) is 6.61 Å². The van der Waals surface area contributed by atoms with E-state index in [0.717, 1.165) is 0 Å². The molecule has 1 saturated heterocycles. The number of hydrogen-bond donors (Lipinski definition) is 1. The predicted octanol–water partition coefficient (Wildman–Crippen LogP) is 0.862. The second-order valence-corrected chi connectivity index (χ2v) is 4.26. The van der Waals surface area contributed by atoms with Gasteiger partial charge in [-0.1, -0.05) is 13.0 Å². The minimum atomic E-state index is -0.794. The molecule has 0 aromatic rings. The molecule has 0 saturated carbocycles. The summed E-state index contributed by atoms with van der Waals surface area (Å²) in [5.41, 5.74) is 0. The van der Waals surface area contributed by atoms with Crippen LogP contribution < -0.4 is 0 Å². The highest BCUT2D eigenvalue weighted by atomic mass is 16.7. The summed E-state index contributed by atoms with van der Waals surface area (Å²) in [6, 6.07) is 0. The molecule has 1 aliphatic heterocycles. The van der Waals surface area contributed by atoms with Crippen molar-refractivity contribution in [3.05, 3.63) is 12.7 Å². The van der Waals surface area contributed by atoms with Gasteiger partial charge in [0.25, 0.3) is 0 Å². The van der Waals surface area contributed by atoms with Gasteiger partial charge < -0.3 is 19.3 Å². The molecule has 5 heteroatoms. The Labute approximate surface area is 101 Å². The largest absolute Gasteiger partial charge is 0.457 e. The number of aliphatic hydroxyl groups is 1. The minimum Gasteiger partial charge on any atom is -0.457 e. The van der Waals surface area contributed by atoms with Crippen LogP contribution in [0, 0.1) is 5.92 Å². The lowest BCUT2D eigenvalue weighted by atomic mass is 9.93. The first-order valence-electron chi connectivity index (χ1n) is 5.70. The fourth-order valence-corrected chi connectivity index (χ4v) is 1.86. The molecule has 0 aliphatic carbocycles. The quantitative estimate of drug-likeness (QED) is 0.587. The average Bonchev–Trinajstić information content (AvgIpc) is 2.27. The Bertz CT molecular complexity index is 278. The number of hydrogen-bond acceptors (Lipinski definition) is 5. The summed E-state index contributed by atoms with van der Waals surface area (Å²) >= 11 is 0. The second-order valence-electron chi connectivity index (χ2n) is 4.26. The van der Waals surface area contributed by atoms with E-state index in [1.165, 1.54) is 6.92 Å². The summed E-state index contributed by atoms with van der Waals surface area (Å²) in [5, 5.41) is 10.1. The molecule has 17 heavy (non-hydrogen) atoms. The number of ether oxygens (including phenoxy) is 3. The normalized spacial score (nSPS) is 37.5. The van der Waals surface area contributed by atoms with Gasteiger partial charge in [-0.25, -0.2) is 0 Å².